The first-order valence-electron chi connectivity index (χ1n) is 9.03. The van der Waals surface area contributed by atoms with Crippen LogP contribution in [-0.4, -0.2) is 55.5 Å². The number of unbranched alkanes of at least 4 members (excludes halogenated alkanes) is 1. The topological polar surface area (TPSA) is 30.9 Å². The molecule has 0 aromatic heterocycles. The summed E-state index contributed by atoms with van der Waals surface area (Å²) >= 11 is 0. The van der Waals surface area contributed by atoms with Crippen LogP contribution < -0.4 is 5.32 Å². The van der Waals surface area contributed by atoms with E-state index in [1.54, 1.807) is 0 Å². The number of rotatable bonds is 7. The summed E-state index contributed by atoms with van der Waals surface area (Å²) in [6, 6.07) is 8.75. The Kier molecular flexibility index (Phi) is 7.40. The van der Waals surface area contributed by atoms with Gasteiger partial charge in [0.1, 0.15) is 0 Å². The van der Waals surface area contributed by atoms with E-state index < -0.39 is 0 Å². The van der Waals surface area contributed by atoms with Crippen molar-refractivity contribution >= 4 is 5.96 Å². The molecule has 4 heteroatoms. The summed E-state index contributed by atoms with van der Waals surface area (Å²) in [5.41, 5.74) is 2.92. The molecule has 128 valence electrons. The third-order valence-corrected chi connectivity index (χ3v) is 4.72. The van der Waals surface area contributed by atoms with Crippen molar-refractivity contribution in [3.05, 3.63) is 35.4 Å². The highest BCUT2D eigenvalue weighted by Gasteiger charge is 2.18. The first kappa shape index (κ1) is 17.8. The van der Waals surface area contributed by atoms with Crippen LogP contribution in [0.1, 0.15) is 37.8 Å². The highest BCUT2D eigenvalue weighted by atomic mass is 15.3. The molecule has 0 fully saturated rings. The number of nitrogens with one attached hydrogen (secondary N) is 1. The van der Waals surface area contributed by atoms with Gasteiger partial charge in [0.05, 0.1) is 0 Å². The molecule has 0 radical (unpaired) electrons. The Balaban J connectivity index is 1.74. The number of hydrogen-bond acceptors (Lipinski definition) is 2. The number of nitrogens with zero attached hydrogens (tertiary/aromatic N) is 3. The molecule has 0 unspecified atom stereocenters. The van der Waals surface area contributed by atoms with Gasteiger partial charge in [0, 0.05) is 26.7 Å². The van der Waals surface area contributed by atoms with Gasteiger partial charge in [0.2, 0.25) is 0 Å². The second-order valence-electron chi connectivity index (χ2n) is 6.15. The quantitative estimate of drug-likeness (QED) is 0.477. The average molecular weight is 316 g/mol. The van der Waals surface area contributed by atoms with Crippen LogP contribution in [0.3, 0.4) is 0 Å². The van der Waals surface area contributed by atoms with Gasteiger partial charge in [-0.15, -0.1) is 0 Å². The van der Waals surface area contributed by atoms with E-state index in [-0.39, 0.29) is 0 Å². The van der Waals surface area contributed by atoms with Crippen molar-refractivity contribution in [2.45, 2.75) is 39.7 Å². The average Bonchev–Trinajstić information content (AvgIpc) is 2.61. The molecule has 1 heterocycles. The van der Waals surface area contributed by atoms with Crippen molar-refractivity contribution in [1.82, 2.24) is 15.1 Å². The van der Waals surface area contributed by atoms with Crippen molar-refractivity contribution in [1.29, 1.82) is 0 Å². The van der Waals surface area contributed by atoms with E-state index in [0.717, 1.165) is 45.1 Å². The zero-order chi connectivity index (χ0) is 16.5. The van der Waals surface area contributed by atoms with Crippen molar-refractivity contribution in [2.75, 3.05) is 39.8 Å². The molecule has 0 atom stereocenters. The van der Waals surface area contributed by atoms with Crippen LogP contribution in [0.5, 0.6) is 0 Å². The highest BCUT2D eigenvalue weighted by molar-refractivity contribution is 5.80. The highest BCUT2D eigenvalue weighted by Crippen LogP contribution is 2.18. The van der Waals surface area contributed by atoms with Crippen LogP contribution in [0, 0.1) is 0 Å². The number of benzene rings is 1. The van der Waals surface area contributed by atoms with Gasteiger partial charge in [-0.25, -0.2) is 0 Å². The van der Waals surface area contributed by atoms with E-state index in [1.165, 1.54) is 30.5 Å². The Labute approximate surface area is 141 Å². The smallest absolute Gasteiger partial charge is 0.193 e. The zero-order valence-corrected chi connectivity index (χ0v) is 15.0. The zero-order valence-electron chi connectivity index (χ0n) is 15.0. The molecule has 4 nitrogen and oxygen atoms in total. The lowest BCUT2D eigenvalue weighted by molar-refractivity contribution is 0.296. The summed E-state index contributed by atoms with van der Waals surface area (Å²) in [6.07, 6.45) is 3.55. The van der Waals surface area contributed by atoms with Gasteiger partial charge in [-0.3, -0.25) is 4.99 Å². The predicted octanol–water partition coefficient (Wildman–Crippen LogP) is 2.74. The molecular weight excluding hydrogens is 284 g/mol. The van der Waals surface area contributed by atoms with Crippen LogP contribution in [-0.2, 0) is 13.0 Å². The molecule has 0 saturated heterocycles. The number of hydrogen-bond donors (Lipinski definition) is 1. The minimum Gasteiger partial charge on any atom is -0.356 e. The van der Waals surface area contributed by atoms with E-state index in [9.17, 15) is 0 Å². The molecule has 0 saturated carbocycles. The number of aliphatic imine (C=N–C) groups is 1. The molecule has 1 aromatic rings. The molecule has 0 aliphatic carbocycles. The van der Waals surface area contributed by atoms with Gasteiger partial charge in [-0.2, -0.15) is 0 Å². The second kappa shape index (κ2) is 9.56. The third kappa shape index (κ3) is 5.24. The maximum Gasteiger partial charge on any atom is 0.193 e. The van der Waals surface area contributed by atoms with E-state index in [1.807, 2.05) is 7.05 Å². The van der Waals surface area contributed by atoms with E-state index in [2.05, 4.69) is 58.2 Å². The number of fused-ring (bicyclic) bond motifs is 1. The minimum absolute atomic E-state index is 0.968. The lowest BCUT2D eigenvalue weighted by Crippen LogP contribution is -2.44. The SMILES string of the molecule is CCN(CC)CCCCNC(=NC)N1CCc2ccccc2C1. The number of guanidine groups is 1. The van der Waals surface area contributed by atoms with Gasteiger partial charge in [0.15, 0.2) is 5.96 Å². The second-order valence-corrected chi connectivity index (χ2v) is 6.15. The fraction of sp³-hybridized carbons (Fsp3) is 0.632. The van der Waals surface area contributed by atoms with Gasteiger partial charge in [0.25, 0.3) is 0 Å². The molecule has 1 aromatic carbocycles. The summed E-state index contributed by atoms with van der Waals surface area (Å²) < 4.78 is 0. The fourth-order valence-electron chi connectivity index (χ4n) is 3.21. The van der Waals surface area contributed by atoms with Crippen molar-refractivity contribution in [3.63, 3.8) is 0 Å². The van der Waals surface area contributed by atoms with Gasteiger partial charge >= 0.3 is 0 Å². The first-order chi connectivity index (χ1) is 11.3. The lowest BCUT2D eigenvalue weighted by atomic mass is 10.0. The van der Waals surface area contributed by atoms with Crippen LogP contribution in [0.15, 0.2) is 29.3 Å². The molecule has 1 N–H and O–H groups in total. The monoisotopic (exact) mass is 316 g/mol. The molecule has 0 amide bonds. The van der Waals surface area contributed by atoms with E-state index in [4.69, 9.17) is 0 Å². The molecule has 2 rings (SSSR count). The van der Waals surface area contributed by atoms with E-state index in [0.29, 0.717) is 0 Å². The Hall–Kier alpha value is -1.55. The molecule has 0 spiro atoms. The summed E-state index contributed by atoms with van der Waals surface area (Å²) in [5, 5.41) is 3.54. The van der Waals surface area contributed by atoms with Crippen molar-refractivity contribution in [2.24, 2.45) is 4.99 Å². The van der Waals surface area contributed by atoms with Crippen LogP contribution in [0.2, 0.25) is 0 Å². The van der Waals surface area contributed by atoms with Crippen molar-refractivity contribution < 1.29 is 0 Å². The Morgan fingerprint density at radius 3 is 2.61 bits per heavy atom. The lowest BCUT2D eigenvalue weighted by Gasteiger charge is -2.31. The first-order valence-corrected chi connectivity index (χ1v) is 9.03. The normalized spacial score (nSPS) is 15.0. The molecule has 23 heavy (non-hydrogen) atoms. The van der Waals surface area contributed by atoms with E-state index >= 15 is 0 Å². The summed E-state index contributed by atoms with van der Waals surface area (Å²) in [7, 11) is 1.89. The predicted molar refractivity (Wildman–Crippen MR) is 98.9 cm³/mol. The van der Waals surface area contributed by atoms with Crippen LogP contribution in [0.4, 0.5) is 0 Å². The molecule has 1 aliphatic heterocycles. The van der Waals surface area contributed by atoms with Gasteiger partial charge in [-0.1, -0.05) is 38.1 Å². The van der Waals surface area contributed by atoms with Gasteiger partial charge in [-0.05, 0) is 50.0 Å². The third-order valence-electron chi connectivity index (χ3n) is 4.72. The Bertz CT molecular complexity index is 494. The van der Waals surface area contributed by atoms with Crippen LogP contribution in [0.25, 0.3) is 0 Å². The van der Waals surface area contributed by atoms with Gasteiger partial charge < -0.3 is 15.1 Å². The fourth-order valence-corrected chi connectivity index (χ4v) is 3.21. The summed E-state index contributed by atoms with van der Waals surface area (Å²) in [4.78, 5) is 9.32. The summed E-state index contributed by atoms with van der Waals surface area (Å²) in [5.74, 6) is 1.04. The maximum atomic E-state index is 4.47. The Morgan fingerprint density at radius 2 is 1.91 bits per heavy atom. The molecule has 1 aliphatic rings. The minimum atomic E-state index is 0.968. The largest absolute Gasteiger partial charge is 0.356 e. The molecular formula is C19H32N4. The van der Waals surface area contributed by atoms with Crippen LogP contribution >= 0.6 is 0 Å². The Morgan fingerprint density at radius 1 is 1.17 bits per heavy atom. The maximum absolute atomic E-state index is 4.47. The van der Waals surface area contributed by atoms with Crippen molar-refractivity contribution in [3.8, 4) is 0 Å². The molecule has 0 bridgehead atoms. The summed E-state index contributed by atoms with van der Waals surface area (Å²) in [6.45, 7) is 11.0. The standard InChI is InChI=1S/C19H32N4/c1-4-22(5-2)14-9-8-13-21-19(20-3)23-15-12-17-10-6-7-11-18(17)16-23/h6-7,10-11H,4-5,8-9,12-16H2,1-3H3,(H,20,21).